The number of anilines is 1. The van der Waals surface area contributed by atoms with Crippen LogP contribution in [0.15, 0.2) is 29.4 Å². The van der Waals surface area contributed by atoms with Gasteiger partial charge >= 0.3 is 5.97 Å². The van der Waals surface area contributed by atoms with Crippen LogP contribution in [0.1, 0.15) is 26.5 Å². The molecule has 0 spiro atoms. The first kappa shape index (κ1) is 13.2. The molecule has 0 saturated heterocycles. The van der Waals surface area contributed by atoms with Crippen LogP contribution in [-0.4, -0.2) is 22.3 Å². The maximum absolute atomic E-state index is 10.7. The van der Waals surface area contributed by atoms with Crippen molar-refractivity contribution in [2.45, 2.75) is 13.8 Å². The Bertz CT molecular complexity index is 598. The molecule has 2 aromatic rings. The Hall–Kier alpha value is -2.21. The molecular weight excluding hydrogens is 262 g/mol. The molecule has 0 unspecified atom stereocenters. The van der Waals surface area contributed by atoms with Crippen molar-refractivity contribution < 1.29 is 9.90 Å². The minimum absolute atomic E-state index is 0.260. The highest BCUT2D eigenvalue weighted by atomic mass is 32.1. The van der Waals surface area contributed by atoms with E-state index in [1.165, 1.54) is 0 Å². The van der Waals surface area contributed by atoms with E-state index in [4.69, 9.17) is 5.11 Å². The fraction of sp³-hybridized carbons (Fsp3) is 0.154. The van der Waals surface area contributed by atoms with Crippen molar-refractivity contribution >= 4 is 28.7 Å². The van der Waals surface area contributed by atoms with Crippen LogP contribution in [0.2, 0.25) is 0 Å². The van der Waals surface area contributed by atoms with Crippen molar-refractivity contribution in [3.8, 4) is 0 Å². The molecule has 98 valence electrons. The van der Waals surface area contributed by atoms with E-state index in [2.05, 4.69) is 15.5 Å². The average Bonchev–Trinajstić information content (AvgIpc) is 2.69. The first-order chi connectivity index (χ1) is 9.06. The van der Waals surface area contributed by atoms with E-state index < -0.39 is 5.97 Å². The van der Waals surface area contributed by atoms with E-state index >= 15 is 0 Å². The molecule has 6 heteroatoms. The summed E-state index contributed by atoms with van der Waals surface area (Å²) in [7, 11) is 0. The van der Waals surface area contributed by atoms with Gasteiger partial charge < -0.3 is 5.11 Å². The molecule has 1 aromatic heterocycles. The maximum Gasteiger partial charge on any atom is 0.335 e. The number of nitrogens with one attached hydrogen (secondary N) is 1. The van der Waals surface area contributed by atoms with Gasteiger partial charge in [-0.2, -0.15) is 5.10 Å². The normalized spacial score (nSPS) is 10.8. The van der Waals surface area contributed by atoms with Crippen LogP contribution in [0.4, 0.5) is 5.13 Å². The van der Waals surface area contributed by atoms with Crippen molar-refractivity contribution in [2.75, 3.05) is 5.43 Å². The smallest absolute Gasteiger partial charge is 0.335 e. The van der Waals surface area contributed by atoms with Crippen LogP contribution in [0.5, 0.6) is 0 Å². The predicted molar refractivity (Wildman–Crippen MR) is 76.2 cm³/mol. The van der Waals surface area contributed by atoms with E-state index in [9.17, 15) is 4.79 Å². The van der Waals surface area contributed by atoms with Gasteiger partial charge in [-0.15, -0.1) is 11.3 Å². The Morgan fingerprint density at radius 3 is 2.58 bits per heavy atom. The lowest BCUT2D eigenvalue weighted by Crippen LogP contribution is -1.96. The van der Waals surface area contributed by atoms with Crippen molar-refractivity contribution in [3.63, 3.8) is 0 Å². The van der Waals surface area contributed by atoms with Crippen molar-refractivity contribution in [2.24, 2.45) is 5.10 Å². The number of carbonyl (C=O) groups is 1. The average molecular weight is 275 g/mol. The van der Waals surface area contributed by atoms with E-state index in [0.717, 1.165) is 21.3 Å². The number of aromatic nitrogens is 1. The fourth-order valence-electron chi connectivity index (χ4n) is 1.39. The third kappa shape index (κ3) is 3.38. The summed E-state index contributed by atoms with van der Waals surface area (Å²) < 4.78 is 0. The van der Waals surface area contributed by atoms with Crippen LogP contribution in [-0.2, 0) is 0 Å². The third-order valence-electron chi connectivity index (χ3n) is 2.56. The minimum atomic E-state index is -0.935. The number of carboxylic acids is 1. The summed E-state index contributed by atoms with van der Waals surface area (Å²) in [5.41, 5.74) is 4.93. The molecule has 0 aliphatic rings. The molecule has 0 atom stereocenters. The molecule has 0 aliphatic carbocycles. The van der Waals surface area contributed by atoms with E-state index in [1.807, 2.05) is 13.8 Å². The standard InChI is InChI=1S/C13H13N3O2S/c1-8-9(2)19-13(15-8)16-14-7-10-3-5-11(6-4-10)12(17)18/h3-7H,1-2H3,(H,15,16)(H,17,18)/b14-7+. The summed E-state index contributed by atoms with van der Waals surface area (Å²) in [4.78, 5) is 16.1. The number of rotatable bonds is 4. The lowest BCUT2D eigenvalue weighted by atomic mass is 10.1. The second-order valence-electron chi connectivity index (χ2n) is 3.96. The summed E-state index contributed by atoms with van der Waals surface area (Å²) in [5, 5.41) is 13.6. The molecule has 0 saturated carbocycles. The summed E-state index contributed by atoms with van der Waals surface area (Å²) in [6.07, 6.45) is 1.62. The largest absolute Gasteiger partial charge is 0.478 e. The number of nitrogens with zero attached hydrogens (tertiary/aromatic N) is 2. The Balaban J connectivity index is 2.00. The van der Waals surface area contributed by atoms with E-state index in [1.54, 1.807) is 41.8 Å². The molecule has 0 radical (unpaired) electrons. The molecule has 0 amide bonds. The van der Waals surface area contributed by atoms with Gasteiger partial charge in [0.15, 0.2) is 0 Å². The number of carboxylic acid groups (broad SMARTS) is 1. The SMILES string of the molecule is Cc1nc(N/N=C/c2ccc(C(=O)O)cc2)sc1C. The molecule has 5 nitrogen and oxygen atoms in total. The van der Waals surface area contributed by atoms with Gasteiger partial charge in [0.25, 0.3) is 0 Å². The lowest BCUT2D eigenvalue weighted by Gasteiger charge is -1.96. The molecule has 0 fully saturated rings. The van der Waals surface area contributed by atoms with Crippen LogP contribution >= 0.6 is 11.3 Å². The van der Waals surface area contributed by atoms with Crippen molar-refractivity contribution in [1.82, 2.24) is 4.98 Å². The zero-order chi connectivity index (χ0) is 13.8. The van der Waals surface area contributed by atoms with Gasteiger partial charge in [0.1, 0.15) is 0 Å². The predicted octanol–water partition coefficient (Wildman–Crippen LogP) is 2.90. The molecule has 19 heavy (non-hydrogen) atoms. The van der Waals surface area contributed by atoms with Gasteiger partial charge in [-0.1, -0.05) is 12.1 Å². The first-order valence-electron chi connectivity index (χ1n) is 5.63. The van der Waals surface area contributed by atoms with Gasteiger partial charge in [-0.05, 0) is 31.5 Å². The number of hydrogen-bond acceptors (Lipinski definition) is 5. The zero-order valence-electron chi connectivity index (χ0n) is 10.5. The molecule has 1 aromatic carbocycles. The van der Waals surface area contributed by atoms with Crippen LogP contribution in [0, 0.1) is 13.8 Å². The van der Waals surface area contributed by atoms with E-state index in [0.29, 0.717) is 0 Å². The molecule has 2 N–H and O–H groups in total. The highest BCUT2D eigenvalue weighted by Crippen LogP contribution is 2.20. The number of hydrazone groups is 1. The summed E-state index contributed by atoms with van der Waals surface area (Å²) in [6, 6.07) is 6.49. The second-order valence-corrected chi connectivity index (χ2v) is 5.16. The molecule has 0 bridgehead atoms. The number of aromatic carboxylic acids is 1. The monoisotopic (exact) mass is 275 g/mol. The fourth-order valence-corrected chi connectivity index (χ4v) is 2.16. The summed E-state index contributed by atoms with van der Waals surface area (Å²) in [6.45, 7) is 3.96. The topological polar surface area (TPSA) is 74.6 Å². The lowest BCUT2D eigenvalue weighted by molar-refractivity contribution is 0.0697. The van der Waals surface area contributed by atoms with Gasteiger partial charge in [0.05, 0.1) is 17.5 Å². The molecular formula is C13H13N3O2S. The van der Waals surface area contributed by atoms with E-state index in [-0.39, 0.29) is 5.56 Å². The highest BCUT2D eigenvalue weighted by Gasteiger charge is 2.02. The molecule has 0 aliphatic heterocycles. The summed E-state index contributed by atoms with van der Waals surface area (Å²) >= 11 is 1.54. The Morgan fingerprint density at radius 1 is 1.37 bits per heavy atom. The molecule has 2 rings (SSSR count). The first-order valence-corrected chi connectivity index (χ1v) is 6.44. The van der Waals surface area contributed by atoms with Crippen molar-refractivity contribution in [1.29, 1.82) is 0 Å². The second kappa shape index (κ2) is 5.62. The van der Waals surface area contributed by atoms with Crippen LogP contribution < -0.4 is 5.43 Å². The van der Waals surface area contributed by atoms with Crippen molar-refractivity contribution in [3.05, 3.63) is 46.0 Å². The number of aryl methyl sites for hydroxylation is 2. The third-order valence-corrected chi connectivity index (χ3v) is 3.54. The quantitative estimate of drug-likeness (QED) is 0.664. The maximum atomic E-state index is 10.7. The van der Waals surface area contributed by atoms with Gasteiger partial charge in [0, 0.05) is 4.88 Å². The highest BCUT2D eigenvalue weighted by molar-refractivity contribution is 7.15. The Kier molecular flexibility index (Phi) is 3.91. The van der Waals surface area contributed by atoms with Gasteiger partial charge in [0.2, 0.25) is 5.13 Å². The Morgan fingerprint density at radius 2 is 2.05 bits per heavy atom. The number of hydrogen-bond donors (Lipinski definition) is 2. The van der Waals surface area contributed by atoms with Gasteiger partial charge in [-0.25, -0.2) is 9.78 Å². The Labute approximate surface area is 114 Å². The van der Waals surface area contributed by atoms with Crippen LogP contribution in [0.3, 0.4) is 0 Å². The summed E-state index contributed by atoms with van der Waals surface area (Å²) in [5.74, 6) is -0.935. The van der Waals surface area contributed by atoms with Gasteiger partial charge in [-0.3, -0.25) is 5.43 Å². The number of benzene rings is 1. The minimum Gasteiger partial charge on any atom is -0.478 e. The molecule has 1 heterocycles. The van der Waals surface area contributed by atoms with Crippen LogP contribution in [0.25, 0.3) is 0 Å². The number of thiazole rings is 1. The zero-order valence-corrected chi connectivity index (χ0v) is 11.4.